The van der Waals surface area contributed by atoms with Gasteiger partial charge in [0.15, 0.2) is 4.80 Å². The molecule has 6 nitrogen and oxygen atoms in total. The fourth-order valence-electron chi connectivity index (χ4n) is 4.82. The smallest absolute Gasteiger partial charge is 0.243 e. The van der Waals surface area contributed by atoms with Gasteiger partial charge in [-0.1, -0.05) is 49.4 Å². The maximum atomic E-state index is 13.2. The van der Waals surface area contributed by atoms with E-state index in [0.29, 0.717) is 30.5 Å². The molecular formula is C31H35N3O3S2. The molecule has 1 aliphatic heterocycles. The molecule has 1 saturated heterocycles. The number of nitrogens with zero attached hydrogens (tertiary/aromatic N) is 3. The van der Waals surface area contributed by atoms with E-state index >= 15 is 0 Å². The van der Waals surface area contributed by atoms with Crippen LogP contribution in [0.15, 0.2) is 94.1 Å². The number of hydrogen-bond acceptors (Lipinski definition) is 5. The minimum absolute atomic E-state index is 0.353. The van der Waals surface area contributed by atoms with Crippen LogP contribution in [0.4, 0.5) is 5.69 Å². The van der Waals surface area contributed by atoms with E-state index in [1.165, 1.54) is 5.56 Å². The Labute approximate surface area is 235 Å². The summed E-state index contributed by atoms with van der Waals surface area (Å²) in [5.41, 5.74) is 4.11. The lowest BCUT2D eigenvalue weighted by Gasteiger charge is -2.29. The van der Waals surface area contributed by atoms with Crippen molar-refractivity contribution in [2.24, 2.45) is 10.9 Å². The Morgan fingerprint density at radius 1 is 0.949 bits per heavy atom. The van der Waals surface area contributed by atoms with Gasteiger partial charge in [-0.2, -0.15) is 4.31 Å². The first-order valence-electron chi connectivity index (χ1n) is 13.5. The molecule has 1 aliphatic rings. The summed E-state index contributed by atoms with van der Waals surface area (Å²) in [6.07, 6.45) is 2.68. The van der Waals surface area contributed by atoms with Gasteiger partial charge in [-0.3, -0.25) is 0 Å². The highest BCUT2D eigenvalue weighted by Gasteiger charge is 2.28. The lowest BCUT2D eigenvalue weighted by Crippen LogP contribution is -2.37. The molecule has 4 aromatic rings. The quantitative estimate of drug-likeness (QED) is 0.234. The number of rotatable bonds is 9. The van der Waals surface area contributed by atoms with Gasteiger partial charge in [0, 0.05) is 25.0 Å². The molecule has 0 unspecified atom stereocenters. The highest BCUT2D eigenvalue weighted by Crippen LogP contribution is 2.27. The molecule has 1 fully saturated rings. The van der Waals surface area contributed by atoms with Crippen molar-refractivity contribution >= 4 is 27.0 Å². The van der Waals surface area contributed by atoms with Crippen LogP contribution in [0, 0.1) is 5.92 Å². The minimum Gasteiger partial charge on any atom is -0.494 e. The third-order valence-corrected chi connectivity index (χ3v) is 9.94. The first-order valence-corrected chi connectivity index (χ1v) is 15.9. The van der Waals surface area contributed by atoms with E-state index in [0.717, 1.165) is 53.3 Å². The Balaban J connectivity index is 1.46. The molecule has 3 aromatic carbocycles. The fourth-order valence-corrected chi connectivity index (χ4v) is 7.24. The van der Waals surface area contributed by atoms with Crippen molar-refractivity contribution in [2.45, 2.75) is 44.6 Å². The molecule has 8 heteroatoms. The Kier molecular flexibility index (Phi) is 8.65. The molecule has 0 N–H and O–H groups in total. The lowest BCUT2D eigenvalue weighted by atomic mass is 10.0. The molecule has 39 heavy (non-hydrogen) atoms. The predicted octanol–water partition coefficient (Wildman–Crippen LogP) is 6.51. The summed E-state index contributed by atoms with van der Waals surface area (Å²) < 4.78 is 35.9. The average Bonchev–Trinajstić information content (AvgIpc) is 3.36. The molecule has 204 valence electrons. The second kappa shape index (κ2) is 12.3. The summed E-state index contributed by atoms with van der Waals surface area (Å²) in [7, 11) is -3.48. The van der Waals surface area contributed by atoms with Gasteiger partial charge in [-0.05, 0) is 79.6 Å². The highest BCUT2D eigenvalue weighted by molar-refractivity contribution is 7.89. The number of aryl methyl sites for hydroxylation is 1. The topological polar surface area (TPSA) is 63.9 Å². The van der Waals surface area contributed by atoms with Crippen molar-refractivity contribution in [3.05, 3.63) is 94.6 Å². The van der Waals surface area contributed by atoms with Gasteiger partial charge >= 0.3 is 0 Å². The summed E-state index contributed by atoms with van der Waals surface area (Å²) in [5, 5.41) is 2.11. The van der Waals surface area contributed by atoms with Crippen LogP contribution in [-0.2, 0) is 23.0 Å². The van der Waals surface area contributed by atoms with Crippen LogP contribution in [0.1, 0.15) is 32.3 Å². The average molecular weight is 562 g/mol. The van der Waals surface area contributed by atoms with Crippen LogP contribution in [-0.4, -0.2) is 37.0 Å². The van der Waals surface area contributed by atoms with Crippen molar-refractivity contribution in [3.8, 4) is 17.0 Å². The maximum Gasteiger partial charge on any atom is 0.243 e. The predicted molar refractivity (Wildman–Crippen MR) is 158 cm³/mol. The number of piperidine rings is 1. The number of hydrogen-bond donors (Lipinski definition) is 0. The SMILES string of the molecule is CCOc1ccc(N=c2scc(-c3ccc(S(=O)(=O)N4CCC(C)CC4)cc3)n2CCc2ccccc2)cc1. The molecule has 0 radical (unpaired) electrons. The van der Waals surface area contributed by atoms with Gasteiger partial charge in [-0.15, -0.1) is 11.3 Å². The van der Waals surface area contributed by atoms with Crippen molar-refractivity contribution in [2.75, 3.05) is 19.7 Å². The summed E-state index contributed by atoms with van der Waals surface area (Å²) in [6, 6.07) is 25.5. The molecule has 0 saturated carbocycles. The van der Waals surface area contributed by atoms with Crippen molar-refractivity contribution in [1.29, 1.82) is 0 Å². The monoisotopic (exact) mass is 561 g/mol. The van der Waals surface area contributed by atoms with E-state index in [9.17, 15) is 8.42 Å². The van der Waals surface area contributed by atoms with E-state index in [-0.39, 0.29) is 0 Å². The van der Waals surface area contributed by atoms with Crippen LogP contribution in [0.5, 0.6) is 5.75 Å². The molecule has 0 amide bonds. The second-order valence-corrected chi connectivity index (χ2v) is 12.7. The van der Waals surface area contributed by atoms with E-state index in [1.807, 2.05) is 49.4 Å². The minimum atomic E-state index is -3.48. The summed E-state index contributed by atoms with van der Waals surface area (Å²) in [6.45, 7) is 6.71. The molecular weight excluding hydrogens is 526 g/mol. The molecule has 0 bridgehead atoms. The summed E-state index contributed by atoms with van der Waals surface area (Å²) in [5.74, 6) is 1.40. The van der Waals surface area contributed by atoms with Gasteiger partial charge in [0.05, 0.1) is 22.9 Å². The van der Waals surface area contributed by atoms with Gasteiger partial charge in [0.2, 0.25) is 10.0 Å². The van der Waals surface area contributed by atoms with Crippen molar-refractivity contribution in [1.82, 2.24) is 8.87 Å². The summed E-state index contributed by atoms with van der Waals surface area (Å²) >= 11 is 1.59. The second-order valence-electron chi connectivity index (χ2n) is 9.94. The highest BCUT2D eigenvalue weighted by atomic mass is 32.2. The number of thiazole rings is 1. The number of benzene rings is 3. The van der Waals surface area contributed by atoms with Crippen molar-refractivity contribution < 1.29 is 13.2 Å². The first-order chi connectivity index (χ1) is 18.9. The largest absolute Gasteiger partial charge is 0.494 e. The van der Waals surface area contributed by atoms with E-state index in [4.69, 9.17) is 9.73 Å². The van der Waals surface area contributed by atoms with Crippen LogP contribution >= 0.6 is 11.3 Å². The van der Waals surface area contributed by atoms with Crippen LogP contribution < -0.4 is 9.54 Å². The number of ether oxygens (including phenoxy) is 1. The summed E-state index contributed by atoms with van der Waals surface area (Å²) in [4.78, 5) is 6.19. The van der Waals surface area contributed by atoms with E-state index in [2.05, 4.69) is 41.1 Å². The molecule has 2 heterocycles. The number of aromatic nitrogens is 1. The zero-order valence-corrected chi connectivity index (χ0v) is 24.1. The standard InChI is InChI=1S/C31H35N3O3S2/c1-3-37-28-13-11-27(12-14-28)32-31-34(22-19-25-7-5-4-6-8-25)30(23-38-31)26-9-15-29(16-10-26)39(35,36)33-20-17-24(2)18-21-33/h4-16,23-24H,3,17-22H2,1-2H3. The van der Waals surface area contributed by atoms with E-state index < -0.39 is 10.0 Å². The Hall–Kier alpha value is -3.20. The molecule has 0 spiro atoms. The van der Waals surface area contributed by atoms with Gasteiger partial charge in [0.1, 0.15) is 5.75 Å². The molecule has 0 aliphatic carbocycles. The van der Waals surface area contributed by atoms with Crippen LogP contribution in [0.3, 0.4) is 0 Å². The van der Waals surface area contributed by atoms with Gasteiger partial charge < -0.3 is 9.30 Å². The van der Waals surface area contributed by atoms with Crippen LogP contribution in [0.25, 0.3) is 11.3 Å². The first kappa shape index (κ1) is 27.4. The third kappa shape index (κ3) is 6.52. The lowest BCUT2D eigenvalue weighted by molar-refractivity contribution is 0.288. The third-order valence-electron chi connectivity index (χ3n) is 7.17. The molecule has 1 aromatic heterocycles. The fraction of sp³-hybridized carbons (Fsp3) is 0.323. The molecule has 0 atom stereocenters. The Bertz CT molecular complexity index is 1530. The normalized spacial score (nSPS) is 15.5. The van der Waals surface area contributed by atoms with Gasteiger partial charge in [0.25, 0.3) is 0 Å². The zero-order chi connectivity index (χ0) is 27.2. The van der Waals surface area contributed by atoms with E-state index in [1.54, 1.807) is 27.8 Å². The maximum absolute atomic E-state index is 13.2. The van der Waals surface area contributed by atoms with Crippen LogP contribution in [0.2, 0.25) is 0 Å². The number of sulfonamides is 1. The zero-order valence-electron chi connectivity index (χ0n) is 22.5. The Morgan fingerprint density at radius 3 is 2.31 bits per heavy atom. The van der Waals surface area contributed by atoms with Crippen molar-refractivity contribution in [3.63, 3.8) is 0 Å². The molecule has 5 rings (SSSR count). The van der Waals surface area contributed by atoms with Gasteiger partial charge in [-0.25, -0.2) is 13.4 Å². The Morgan fingerprint density at radius 2 is 1.64 bits per heavy atom.